The van der Waals surface area contributed by atoms with Gasteiger partial charge in [0.1, 0.15) is 5.82 Å². The quantitative estimate of drug-likeness (QED) is 0.235. The van der Waals surface area contributed by atoms with Crippen molar-refractivity contribution in [3.63, 3.8) is 0 Å². The minimum absolute atomic E-state index is 0.0164. The van der Waals surface area contributed by atoms with Gasteiger partial charge in [0.25, 0.3) is 0 Å². The van der Waals surface area contributed by atoms with E-state index in [1.165, 1.54) is 0 Å². The number of nitrogens with zero attached hydrogens (tertiary/aromatic N) is 2. The average molecular weight is 577 g/mol. The second-order valence-corrected chi connectivity index (χ2v) is 8.92. The van der Waals surface area contributed by atoms with Crippen LogP contribution in [-0.2, 0) is 17.1 Å². The number of aliphatic imine (C=N–C) groups is 1. The molecule has 1 amide bonds. The zero-order valence-corrected chi connectivity index (χ0v) is 21.1. The van der Waals surface area contributed by atoms with E-state index in [-0.39, 0.29) is 36.6 Å². The molecule has 0 bridgehead atoms. The first-order valence-electron chi connectivity index (χ1n) is 12.0. The Labute approximate surface area is 224 Å². The highest BCUT2D eigenvalue weighted by atomic mass is 19.4. The van der Waals surface area contributed by atoms with Crippen LogP contribution in [0.3, 0.4) is 0 Å². The minimum atomic E-state index is -5.36. The third-order valence-corrected chi connectivity index (χ3v) is 6.05. The highest BCUT2D eigenvalue weighted by Crippen LogP contribution is 2.44. The van der Waals surface area contributed by atoms with E-state index >= 15 is 0 Å². The monoisotopic (exact) mass is 577 g/mol. The maximum Gasteiger partial charge on any atom is 0.420 e. The lowest BCUT2D eigenvalue weighted by Gasteiger charge is -2.22. The van der Waals surface area contributed by atoms with E-state index in [4.69, 9.17) is 15.2 Å². The van der Waals surface area contributed by atoms with Gasteiger partial charge in [-0.2, -0.15) is 26.3 Å². The number of allylic oxidation sites excluding steroid dienone is 1. The van der Waals surface area contributed by atoms with Crippen LogP contribution < -0.4 is 15.4 Å². The van der Waals surface area contributed by atoms with Crippen LogP contribution in [0.2, 0.25) is 0 Å². The van der Waals surface area contributed by atoms with E-state index in [9.17, 15) is 40.6 Å². The zero-order chi connectivity index (χ0) is 29.7. The minimum Gasteiger partial charge on any atom is -0.409 e. The lowest BCUT2D eigenvalue weighted by Crippen LogP contribution is -2.30. The molecular weight excluding hydrogens is 551 g/mol. The van der Waals surface area contributed by atoms with Gasteiger partial charge in [0, 0.05) is 36.3 Å². The number of nitrogens with two attached hydrogens (primary N) is 1. The molecule has 3 N–H and O–H groups in total. The van der Waals surface area contributed by atoms with Crippen molar-refractivity contribution in [3.8, 4) is 5.75 Å². The van der Waals surface area contributed by atoms with Crippen LogP contribution in [-0.4, -0.2) is 49.8 Å². The maximum absolute atomic E-state index is 14.0. The lowest BCUT2D eigenvalue weighted by atomic mass is 9.98. The first-order valence-corrected chi connectivity index (χ1v) is 12.0. The fourth-order valence-corrected chi connectivity index (χ4v) is 3.96. The largest absolute Gasteiger partial charge is 0.420 e. The molecule has 0 aliphatic heterocycles. The van der Waals surface area contributed by atoms with Crippen molar-refractivity contribution in [1.82, 2.24) is 0 Å². The molecular formula is C26H26F7N3O4. The summed E-state index contributed by atoms with van der Waals surface area (Å²) in [5, 5.41) is 9.55. The molecule has 2 atom stereocenters. The molecule has 0 saturated heterocycles. The predicted octanol–water partition coefficient (Wildman–Crippen LogP) is 5.80. The fourth-order valence-electron chi connectivity index (χ4n) is 3.96. The van der Waals surface area contributed by atoms with Gasteiger partial charge in [-0.3, -0.25) is 9.89 Å². The number of carbonyl (C=O) groups is 1. The Kier molecular flexibility index (Phi) is 9.79. The first kappa shape index (κ1) is 30.9. The van der Waals surface area contributed by atoms with Crippen LogP contribution in [0, 0.1) is 5.82 Å². The standard InChI is InChI=1S/C26H26F7N3O4/c1-36(18-4-2-17(27)3-5-18)24(38)40-23-21(10-16(25(28,29)30)11-22(23)26(31,32)33)15(13-34)14-35-8-9-39-20-7-6-19(37)12-20/h2-5,10-11,13-14,19-20,37H,6-9,12,34H2,1H3. The molecule has 0 heterocycles. The van der Waals surface area contributed by atoms with Crippen LogP contribution >= 0.6 is 0 Å². The summed E-state index contributed by atoms with van der Waals surface area (Å²) in [7, 11) is 1.12. The summed E-state index contributed by atoms with van der Waals surface area (Å²) in [6.07, 6.45) is -9.23. The van der Waals surface area contributed by atoms with Crippen molar-refractivity contribution in [2.75, 3.05) is 25.1 Å². The number of carbonyl (C=O) groups excluding carboxylic acids is 1. The van der Waals surface area contributed by atoms with Crippen LogP contribution in [0.5, 0.6) is 5.75 Å². The van der Waals surface area contributed by atoms with Gasteiger partial charge in [-0.1, -0.05) is 0 Å². The molecule has 0 aromatic heterocycles. The molecule has 1 fully saturated rings. The molecule has 2 unspecified atom stereocenters. The molecule has 1 aliphatic rings. The van der Waals surface area contributed by atoms with Crippen molar-refractivity contribution in [2.24, 2.45) is 10.7 Å². The number of halogens is 7. The molecule has 1 saturated carbocycles. The van der Waals surface area contributed by atoms with Crippen LogP contribution in [0.4, 0.5) is 41.2 Å². The molecule has 40 heavy (non-hydrogen) atoms. The van der Waals surface area contributed by atoms with E-state index in [0.717, 1.165) is 48.6 Å². The summed E-state index contributed by atoms with van der Waals surface area (Å²) in [4.78, 5) is 17.5. The summed E-state index contributed by atoms with van der Waals surface area (Å²) < 4.78 is 106. The van der Waals surface area contributed by atoms with Crippen LogP contribution in [0.25, 0.3) is 5.57 Å². The highest BCUT2D eigenvalue weighted by Gasteiger charge is 2.41. The number of alkyl halides is 6. The van der Waals surface area contributed by atoms with Gasteiger partial charge >= 0.3 is 18.4 Å². The number of benzene rings is 2. The Morgan fingerprint density at radius 3 is 2.35 bits per heavy atom. The number of aliphatic hydroxyl groups excluding tert-OH is 1. The van der Waals surface area contributed by atoms with Crippen LogP contribution in [0.15, 0.2) is 47.6 Å². The number of aliphatic hydroxyl groups is 1. The summed E-state index contributed by atoms with van der Waals surface area (Å²) in [5.74, 6) is -1.86. The molecule has 7 nitrogen and oxygen atoms in total. The predicted molar refractivity (Wildman–Crippen MR) is 132 cm³/mol. The number of hydrogen-bond acceptors (Lipinski definition) is 6. The van der Waals surface area contributed by atoms with Crippen molar-refractivity contribution in [2.45, 2.75) is 43.8 Å². The number of ether oxygens (including phenoxy) is 2. The Morgan fingerprint density at radius 1 is 1.12 bits per heavy atom. The van der Waals surface area contributed by atoms with Gasteiger partial charge in [0.05, 0.1) is 36.5 Å². The highest BCUT2D eigenvalue weighted by molar-refractivity contribution is 6.11. The number of amides is 1. The van der Waals surface area contributed by atoms with Crippen molar-refractivity contribution in [3.05, 3.63) is 65.1 Å². The Balaban J connectivity index is 1.96. The first-order chi connectivity index (χ1) is 18.7. The fraction of sp³-hybridized carbons (Fsp3) is 0.385. The Morgan fingerprint density at radius 2 is 1.80 bits per heavy atom. The summed E-state index contributed by atoms with van der Waals surface area (Å²) in [5.41, 5.74) is 0.903. The molecule has 0 radical (unpaired) electrons. The average Bonchev–Trinajstić information content (AvgIpc) is 3.30. The van der Waals surface area contributed by atoms with Crippen molar-refractivity contribution in [1.29, 1.82) is 0 Å². The van der Waals surface area contributed by atoms with Gasteiger partial charge < -0.3 is 20.3 Å². The van der Waals surface area contributed by atoms with E-state index in [1.807, 2.05) is 0 Å². The molecule has 218 valence electrons. The maximum atomic E-state index is 14.0. The molecule has 3 rings (SSSR count). The molecule has 14 heteroatoms. The second kappa shape index (κ2) is 12.7. The van der Waals surface area contributed by atoms with Gasteiger partial charge in [0.15, 0.2) is 5.75 Å². The summed E-state index contributed by atoms with van der Waals surface area (Å²) in [6.45, 7) is 0.0594. The third-order valence-electron chi connectivity index (χ3n) is 6.05. The van der Waals surface area contributed by atoms with E-state index in [0.29, 0.717) is 25.3 Å². The van der Waals surface area contributed by atoms with Gasteiger partial charge in [-0.25, -0.2) is 9.18 Å². The van der Waals surface area contributed by atoms with E-state index < -0.39 is 52.8 Å². The topological polar surface area (TPSA) is 97.4 Å². The Hall–Kier alpha value is -3.65. The smallest absolute Gasteiger partial charge is 0.409 e. The van der Waals surface area contributed by atoms with Gasteiger partial charge in [0.2, 0.25) is 0 Å². The number of hydrogen-bond donors (Lipinski definition) is 2. The molecule has 2 aromatic carbocycles. The zero-order valence-electron chi connectivity index (χ0n) is 21.1. The summed E-state index contributed by atoms with van der Waals surface area (Å²) in [6, 6.07) is 4.50. The Bertz CT molecular complexity index is 1240. The van der Waals surface area contributed by atoms with Gasteiger partial charge in [-0.15, -0.1) is 0 Å². The second-order valence-electron chi connectivity index (χ2n) is 8.92. The lowest BCUT2D eigenvalue weighted by molar-refractivity contribution is -0.143. The number of rotatable bonds is 8. The molecule has 2 aromatic rings. The molecule has 1 aliphatic carbocycles. The number of anilines is 1. The third kappa shape index (κ3) is 7.94. The van der Waals surface area contributed by atoms with Gasteiger partial charge in [-0.05, 0) is 55.7 Å². The van der Waals surface area contributed by atoms with E-state index in [2.05, 4.69) is 4.99 Å². The van der Waals surface area contributed by atoms with Crippen molar-refractivity contribution < 1.29 is 50.1 Å². The van der Waals surface area contributed by atoms with Crippen molar-refractivity contribution >= 4 is 23.6 Å². The molecule has 0 spiro atoms. The van der Waals surface area contributed by atoms with Crippen LogP contribution in [0.1, 0.15) is 36.0 Å². The normalized spacial score (nSPS) is 18.4. The van der Waals surface area contributed by atoms with E-state index in [1.54, 1.807) is 0 Å². The summed E-state index contributed by atoms with van der Waals surface area (Å²) >= 11 is 0. The SMILES string of the molecule is CN(C(=O)Oc1c(C(C=NCCOC2CCC(O)C2)=CN)cc(C(F)(F)F)cc1C(F)(F)F)c1ccc(F)cc1.